The van der Waals surface area contributed by atoms with E-state index in [9.17, 15) is 5.26 Å². The Labute approximate surface area is 128 Å². The van der Waals surface area contributed by atoms with Gasteiger partial charge in [-0.1, -0.05) is 0 Å². The van der Waals surface area contributed by atoms with Crippen LogP contribution in [0.3, 0.4) is 0 Å². The summed E-state index contributed by atoms with van der Waals surface area (Å²) in [5, 5.41) is 18.2. The summed E-state index contributed by atoms with van der Waals surface area (Å²) in [6.45, 7) is 7.29. The molecule has 21 heavy (non-hydrogen) atoms. The molecule has 0 amide bonds. The maximum Gasteiger partial charge on any atom is 0.374 e. The molecule has 0 aliphatic rings. The van der Waals surface area contributed by atoms with Gasteiger partial charge >= 0.3 is 8.05 Å². The predicted molar refractivity (Wildman–Crippen MR) is 80.2 cm³/mol. The van der Waals surface area contributed by atoms with Crippen LogP contribution in [0.25, 0.3) is 11.3 Å². The molecule has 0 bridgehead atoms. The molecule has 0 N–H and O–H groups in total. The largest absolute Gasteiger partial charge is 0.566 e. The van der Waals surface area contributed by atoms with Crippen molar-refractivity contribution < 1.29 is 4.65 Å². The summed E-state index contributed by atoms with van der Waals surface area (Å²) in [5.41, 5.74) is 2.28. The number of hydrogen-bond acceptors (Lipinski definition) is 7. The molecule has 0 atom stereocenters. The average Bonchev–Trinajstić information content (AvgIpc) is 2.78. The van der Waals surface area contributed by atoms with Crippen molar-refractivity contribution in [1.82, 2.24) is 20.2 Å². The SMILES string of the molecule is [B]OC(=C(C#N)c1nnc(C)c(C)n1)c1sc(C)nc1C. The lowest BCUT2D eigenvalue weighted by Crippen LogP contribution is -2.04. The molecule has 0 aliphatic carbocycles. The third-order valence-electron chi connectivity index (χ3n) is 2.88. The van der Waals surface area contributed by atoms with E-state index in [0.29, 0.717) is 16.3 Å². The minimum atomic E-state index is 0.139. The maximum absolute atomic E-state index is 9.43. The summed E-state index contributed by atoms with van der Waals surface area (Å²) in [7, 11) is 5.36. The first-order valence-electron chi connectivity index (χ1n) is 6.11. The van der Waals surface area contributed by atoms with E-state index in [1.807, 2.05) is 19.9 Å². The van der Waals surface area contributed by atoms with Gasteiger partial charge in [0.05, 0.1) is 27.0 Å². The molecule has 8 heteroatoms. The van der Waals surface area contributed by atoms with Gasteiger partial charge in [0.2, 0.25) is 0 Å². The number of thiazole rings is 1. The number of hydrogen-bond donors (Lipinski definition) is 0. The fraction of sp³-hybridized carbons (Fsp3) is 0.308. The Morgan fingerprint density at radius 1 is 1.10 bits per heavy atom. The van der Waals surface area contributed by atoms with E-state index in [0.717, 1.165) is 10.7 Å². The average molecular weight is 297 g/mol. The molecular formula is C13H12BN5OS. The fourth-order valence-electron chi connectivity index (χ4n) is 1.73. The third-order valence-corrected chi connectivity index (χ3v) is 3.95. The summed E-state index contributed by atoms with van der Waals surface area (Å²) in [5.74, 6) is 0.400. The van der Waals surface area contributed by atoms with Crippen molar-refractivity contribution in [3.8, 4) is 6.07 Å². The monoisotopic (exact) mass is 297 g/mol. The van der Waals surface area contributed by atoms with E-state index in [4.69, 9.17) is 12.7 Å². The molecule has 2 aromatic heterocycles. The summed E-state index contributed by atoms with van der Waals surface area (Å²) in [6.07, 6.45) is 0. The number of rotatable bonds is 3. The molecule has 0 spiro atoms. The Morgan fingerprint density at radius 3 is 2.29 bits per heavy atom. The Hall–Kier alpha value is -2.27. The number of nitriles is 1. The van der Waals surface area contributed by atoms with Crippen molar-refractivity contribution in [3.63, 3.8) is 0 Å². The van der Waals surface area contributed by atoms with Crippen LogP contribution >= 0.6 is 11.3 Å². The number of nitrogens with zero attached hydrogens (tertiary/aromatic N) is 5. The van der Waals surface area contributed by atoms with E-state index in [-0.39, 0.29) is 17.2 Å². The van der Waals surface area contributed by atoms with Crippen molar-refractivity contribution in [1.29, 1.82) is 5.26 Å². The van der Waals surface area contributed by atoms with Crippen molar-refractivity contribution in [2.24, 2.45) is 0 Å². The lowest BCUT2D eigenvalue weighted by molar-refractivity contribution is 0.575. The maximum atomic E-state index is 9.43. The van der Waals surface area contributed by atoms with Crippen molar-refractivity contribution in [2.45, 2.75) is 27.7 Å². The van der Waals surface area contributed by atoms with Gasteiger partial charge in [-0.25, -0.2) is 9.97 Å². The fourth-order valence-corrected chi connectivity index (χ4v) is 2.65. The first kappa shape index (κ1) is 15.1. The molecule has 0 saturated heterocycles. The molecule has 2 aromatic rings. The second kappa shape index (κ2) is 6.02. The van der Waals surface area contributed by atoms with Crippen LogP contribution in [0.15, 0.2) is 0 Å². The summed E-state index contributed by atoms with van der Waals surface area (Å²) < 4.78 is 4.93. The van der Waals surface area contributed by atoms with Crippen LogP contribution in [0.5, 0.6) is 0 Å². The molecule has 0 fully saturated rings. The zero-order valence-electron chi connectivity index (χ0n) is 12.1. The first-order valence-corrected chi connectivity index (χ1v) is 6.93. The van der Waals surface area contributed by atoms with Crippen LogP contribution in [0.2, 0.25) is 0 Å². The smallest absolute Gasteiger partial charge is 0.374 e. The molecule has 2 radical (unpaired) electrons. The van der Waals surface area contributed by atoms with Crippen LogP contribution in [0.4, 0.5) is 0 Å². The molecule has 6 nitrogen and oxygen atoms in total. The Morgan fingerprint density at radius 2 is 1.81 bits per heavy atom. The number of aryl methyl sites for hydroxylation is 4. The molecule has 0 aromatic carbocycles. The van der Waals surface area contributed by atoms with Crippen LogP contribution < -0.4 is 0 Å². The van der Waals surface area contributed by atoms with Crippen LogP contribution in [0.1, 0.15) is 32.8 Å². The highest BCUT2D eigenvalue weighted by Gasteiger charge is 2.19. The van der Waals surface area contributed by atoms with Crippen molar-refractivity contribution in [2.75, 3.05) is 0 Å². The quantitative estimate of drug-likeness (QED) is 0.490. The van der Waals surface area contributed by atoms with Gasteiger partial charge < -0.3 is 4.65 Å². The van der Waals surface area contributed by atoms with E-state index in [1.54, 1.807) is 13.8 Å². The second-order valence-corrected chi connectivity index (χ2v) is 5.59. The standard InChI is InChI=1S/C13H12BN5OS/c1-6-7(2)18-19-13(17-6)10(5-15)11(20-14)12-8(3)16-9(4)21-12/h1-4H3. The van der Waals surface area contributed by atoms with E-state index < -0.39 is 0 Å². The zero-order valence-corrected chi connectivity index (χ0v) is 12.9. The van der Waals surface area contributed by atoms with Gasteiger partial charge in [0, 0.05) is 0 Å². The Bertz CT molecular complexity index is 762. The van der Waals surface area contributed by atoms with E-state index >= 15 is 0 Å². The van der Waals surface area contributed by atoms with E-state index in [2.05, 4.69) is 20.2 Å². The highest BCUT2D eigenvalue weighted by molar-refractivity contribution is 7.12. The topological polar surface area (TPSA) is 84.6 Å². The predicted octanol–water partition coefficient (Wildman–Crippen LogP) is 2.05. The summed E-state index contributed by atoms with van der Waals surface area (Å²) in [4.78, 5) is 9.26. The van der Waals surface area contributed by atoms with Gasteiger partial charge in [-0.15, -0.1) is 16.4 Å². The number of aromatic nitrogens is 4. The molecule has 0 unspecified atom stereocenters. The molecule has 2 heterocycles. The molecule has 2 rings (SSSR count). The molecule has 0 aliphatic heterocycles. The normalized spacial score (nSPS) is 11.8. The van der Waals surface area contributed by atoms with Crippen molar-refractivity contribution in [3.05, 3.63) is 32.8 Å². The Balaban J connectivity index is 2.67. The van der Waals surface area contributed by atoms with Gasteiger partial charge in [0.15, 0.2) is 5.82 Å². The minimum Gasteiger partial charge on any atom is -0.566 e. The summed E-state index contributed by atoms with van der Waals surface area (Å²) >= 11 is 1.39. The zero-order chi connectivity index (χ0) is 15.6. The Kier molecular flexibility index (Phi) is 4.33. The van der Waals surface area contributed by atoms with Crippen LogP contribution in [-0.2, 0) is 4.65 Å². The van der Waals surface area contributed by atoms with Crippen LogP contribution in [-0.4, -0.2) is 28.2 Å². The third kappa shape index (κ3) is 2.93. The van der Waals surface area contributed by atoms with Gasteiger partial charge in [-0.05, 0) is 27.7 Å². The number of allylic oxidation sites excluding steroid dienone is 1. The van der Waals surface area contributed by atoms with Gasteiger partial charge in [0.1, 0.15) is 17.4 Å². The van der Waals surface area contributed by atoms with Crippen molar-refractivity contribution >= 4 is 30.7 Å². The minimum absolute atomic E-state index is 0.139. The van der Waals surface area contributed by atoms with E-state index in [1.165, 1.54) is 11.3 Å². The van der Waals surface area contributed by atoms with Gasteiger partial charge in [0.25, 0.3) is 0 Å². The second-order valence-electron chi connectivity index (χ2n) is 4.39. The van der Waals surface area contributed by atoms with Gasteiger partial charge in [-0.3, -0.25) is 0 Å². The van der Waals surface area contributed by atoms with Crippen LogP contribution in [0, 0.1) is 39.0 Å². The molecular weight excluding hydrogens is 285 g/mol. The van der Waals surface area contributed by atoms with Gasteiger partial charge in [-0.2, -0.15) is 10.4 Å². The summed E-state index contributed by atoms with van der Waals surface area (Å²) in [6, 6.07) is 2.04. The molecule has 0 saturated carbocycles. The first-order chi connectivity index (χ1) is 9.97. The lowest BCUT2D eigenvalue weighted by Gasteiger charge is -2.08. The highest BCUT2D eigenvalue weighted by Crippen LogP contribution is 2.31. The highest BCUT2D eigenvalue weighted by atomic mass is 32.1. The molecule has 104 valence electrons. The lowest BCUT2D eigenvalue weighted by atomic mass is 10.2.